The van der Waals surface area contributed by atoms with E-state index in [0.29, 0.717) is 23.5 Å². The molecule has 0 saturated carbocycles. The number of rotatable bonds is 3. The van der Waals surface area contributed by atoms with Crippen molar-refractivity contribution in [2.24, 2.45) is 0 Å². The summed E-state index contributed by atoms with van der Waals surface area (Å²) < 4.78 is 6.69. The standard InChI is InChI=1S/C13H12N4O2/c1-2-19-13(18)10-11(9-6-4-3-5-7-9)16-17-8-14-15-12(10)17/h3-8,16H,2H2,1H3. The van der Waals surface area contributed by atoms with E-state index < -0.39 is 5.97 Å². The first-order chi connectivity index (χ1) is 9.31. The molecule has 2 heterocycles. The van der Waals surface area contributed by atoms with E-state index in [-0.39, 0.29) is 0 Å². The minimum absolute atomic E-state index is 0.318. The second-order valence-electron chi connectivity index (χ2n) is 3.97. The van der Waals surface area contributed by atoms with Gasteiger partial charge in [0.15, 0.2) is 5.65 Å². The monoisotopic (exact) mass is 256 g/mol. The molecule has 96 valence electrons. The predicted octanol–water partition coefficient (Wildman–Crippen LogP) is 1.90. The van der Waals surface area contributed by atoms with E-state index in [1.54, 1.807) is 11.4 Å². The van der Waals surface area contributed by atoms with E-state index in [9.17, 15) is 4.79 Å². The molecule has 0 bridgehead atoms. The molecule has 6 heteroatoms. The van der Waals surface area contributed by atoms with E-state index in [2.05, 4.69) is 15.3 Å². The zero-order valence-electron chi connectivity index (χ0n) is 10.3. The van der Waals surface area contributed by atoms with Gasteiger partial charge in [0.2, 0.25) is 0 Å². The molecule has 3 rings (SSSR count). The Balaban J connectivity index is 2.21. The lowest BCUT2D eigenvalue weighted by Gasteiger charge is -2.03. The first kappa shape index (κ1) is 11.5. The van der Waals surface area contributed by atoms with Crippen LogP contribution in [0, 0.1) is 0 Å². The fraction of sp³-hybridized carbons (Fsp3) is 0.154. The Labute approximate surface area is 109 Å². The molecule has 6 nitrogen and oxygen atoms in total. The molecular formula is C13H12N4O2. The third-order valence-corrected chi connectivity index (χ3v) is 2.80. The number of H-pyrrole nitrogens is 1. The van der Waals surface area contributed by atoms with Crippen LogP contribution in [0.1, 0.15) is 17.3 Å². The van der Waals surface area contributed by atoms with Crippen LogP contribution in [0.4, 0.5) is 0 Å². The fourth-order valence-corrected chi connectivity index (χ4v) is 1.99. The van der Waals surface area contributed by atoms with Crippen LogP contribution in [0.25, 0.3) is 16.9 Å². The van der Waals surface area contributed by atoms with Gasteiger partial charge in [-0.25, -0.2) is 9.31 Å². The van der Waals surface area contributed by atoms with Crippen LogP contribution in [-0.4, -0.2) is 32.4 Å². The SMILES string of the molecule is CCOC(=O)c1c(-c2ccccc2)[nH]n2cnnc12. The van der Waals surface area contributed by atoms with Crippen LogP contribution in [-0.2, 0) is 4.74 Å². The summed E-state index contributed by atoms with van der Waals surface area (Å²) in [5.41, 5.74) is 2.46. The van der Waals surface area contributed by atoms with Crippen molar-refractivity contribution < 1.29 is 9.53 Å². The second-order valence-corrected chi connectivity index (χ2v) is 3.97. The molecule has 19 heavy (non-hydrogen) atoms. The van der Waals surface area contributed by atoms with Gasteiger partial charge in [0.25, 0.3) is 0 Å². The lowest BCUT2D eigenvalue weighted by Crippen LogP contribution is -2.06. The van der Waals surface area contributed by atoms with Crippen molar-refractivity contribution in [3.05, 3.63) is 42.2 Å². The number of aromatic nitrogens is 4. The Kier molecular flexibility index (Phi) is 2.75. The van der Waals surface area contributed by atoms with Crippen molar-refractivity contribution in [2.75, 3.05) is 6.61 Å². The molecule has 0 aliphatic carbocycles. The van der Waals surface area contributed by atoms with E-state index in [1.807, 2.05) is 30.3 Å². The van der Waals surface area contributed by atoms with Gasteiger partial charge in [-0.3, -0.25) is 5.10 Å². The highest BCUT2D eigenvalue weighted by atomic mass is 16.5. The lowest BCUT2D eigenvalue weighted by molar-refractivity contribution is 0.0529. The molecule has 1 N–H and O–H groups in total. The second kappa shape index (κ2) is 4.56. The predicted molar refractivity (Wildman–Crippen MR) is 68.7 cm³/mol. The molecule has 0 radical (unpaired) electrons. The number of benzene rings is 1. The molecule has 0 atom stereocenters. The molecule has 1 aromatic carbocycles. The summed E-state index contributed by atoms with van der Waals surface area (Å²) in [6, 6.07) is 9.57. The van der Waals surface area contributed by atoms with Gasteiger partial charge in [-0.15, -0.1) is 10.2 Å². The molecule has 0 aliphatic rings. The zero-order chi connectivity index (χ0) is 13.2. The van der Waals surface area contributed by atoms with Crippen molar-refractivity contribution >= 4 is 11.6 Å². The number of carbonyl (C=O) groups excluding carboxylic acids is 1. The third kappa shape index (κ3) is 1.87. The van der Waals surface area contributed by atoms with Crippen LogP contribution in [0.5, 0.6) is 0 Å². The Hall–Kier alpha value is -2.63. The number of esters is 1. The number of aromatic amines is 1. The minimum Gasteiger partial charge on any atom is -0.462 e. The van der Waals surface area contributed by atoms with Crippen molar-refractivity contribution in [3.8, 4) is 11.3 Å². The van der Waals surface area contributed by atoms with Crippen LogP contribution in [0.15, 0.2) is 36.7 Å². The first-order valence-corrected chi connectivity index (χ1v) is 5.95. The summed E-state index contributed by atoms with van der Waals surface area (Å²) in [7, 11) is 0. The summed E-state index contributed by atoms with van der Waals surface area (Å²) in [5, 5.41) is 10.8. The third-order valence-electron chi connectivity index (χ3n) is 2.80. The first-order valence-electron chi connectivity index (χ1n) is 5.95. The Morgan fingerprint density at radius 2 is 2.16 bits per heavy atom. The molecule has 0 saturated heterocycles. The van der Waals surface area contributed by atoms with Gasteiger partial charge in [-0.05, 0) is 6.92 Å². The number of hydrogen-bond acceptors (Lipinski definition) is 4. The van der Waals surface area contributed by atoms with E-state index in [0.717, 1.165) is 5.56 Å². The highest BCUT2D eigenvalue weighted by Gasteiger charge is 2.22. The number of nitrogens with one attached hydrogen (secondary N) is 1. The number of fused-ring (bicyclic) bond motifs is 1. The summed E-state index contributed by atoms with van der Waals surface area (Å²) in [4.78, 5) is 12.1. The molecule has 0 aliphatic heterocycles. The Morgan fingerprint density at radius 1 is 1.37 bits per heavy atom. The fourth-order valence-electron chi connectivity index (χ4n) is 1.99. The lowest BCUT2D eigenvalue weighted by atomic mass is 10.1. The topological polar surface area (TPSA) is 72.3 Å². The van der Waals surface area contributed by atoms with Crippen LogP contribution in [0.3, 0.4) is 0 Å². The molecule has 0 fully saturated rings. The molecule has 0 amide bonds. The molecule has 2 aromatic heterocycles. The van der Waals surface area contributed by atoms with Gasteiger partial charge in [0, 0.05) is 5.56 Å². The highest BCUT2D eigenvalue weighted by molar-refractivity contribution is 6.02. The van der Waals surface area contributed by atoms with Gasteiger partial charge in [0.05, 0.1) is 12.3 Å². The van der Waals surface area contributed by atoms with Gasteiger partial charge in [-0.2, -0.15) is 0 Å². The van der Waals surface area contributed by atoms with E-state index in [1.165, 1.54) is 6.33 Å². The van der Waals surface area contributed by atoms with Crippen molar-refractivity contribution in [2.45, 2.75) is 6.92 Å². The minimum atomic E-state index is -0.402. The smallest absolute Gasteiger partial charge is 0.344 e. The maximum atomic E-state index is 12.1. The Morgan fingerprint density at radius 3 is 2.89 bits per heavy atom. The number of carbonyl (C=O) groups is 1. The largest absolute Gasteiger partial charge is 0.462 e. The van der Waals surface area contributed by atoms with Gasteiger partial charge >= 0.3 is 5.97 Å². The number of hydrogen-bond donors (Lipinski definition) is 1. The van der Waals surface area contributed by atoms with Crippen molar-refractivity contribution in [1.29, 1.82) is 0 Å². The van der Waals surface area contributed by atoms with E-state index >= 15 is 0 Å². The normalized spacial score (nSPS) is 10.8. The summed E-state index contributed by atoms with van der Waals surface area (Å²) in [5.74, 6) is -0.402. The Bertz CT molecular complexity index is 715. The maximum Gasteiger partial charge on any atom is 0.344 e. The van der Waals surface area contributed by atoms with Gasteiger partial charge in [-0.1, -0.05) is 30.3 Å². The summed E-state index contributed by atoms with van der Waals surface area (Å²) >= 11 is 0. The molecule has 0 spiro atoms. The quantitative estimate of drug-likeness (QED) is 0.726. The number of ether oxygens (including phenoxy) is 1. The van der Waals surface area contributed by atoms with Crippen molar-refractivity contribution in [1.82, 2.24) is 19.8 Å². The summed E-state index contributed by atoms with van der Waals surface area (Å²) in [6.45, 7) is 2.09. The average Bonchev–Trinajstić information content (AvgIpc) is 2.99. The van der Waals surface area contributed by atoms with E-state index in [4.69, 9.17) is 4.74 Å². The average molecular weight is 256 g/mol. The maximum absolute atomic E-state index is 12.1. The zero-order valence-corrected chi connectivity index (χ0v) is 10.3. The van der Waals surface area contributed by atoms with Crippen LogP contribution < -0.4 is 0 Å². The number of nitrogens with zero attached hydrogens (tertiary/aromatic N) is 3. The summed E-state index contributed by atoms with van der Waals surface area (Å²) in [6.07, 6.45) is 1.52. The molecule has 0 unspecified atom stereocenters. The van der Waals surface area contributed by atoms with Gasteiger partial charge in [0.1, 0.15) is 11.9 Å². The molecular weight excluding hydrogens is 244 g/mol. The van der Waals surface area contributed by atoms with Gasteiger partial charge < -0.3 is 4.74 Å². The molecule has 3 aromatic rings. The van der Waals surface area contributed by atoms with Crippen molar-refractivity contribution in [3.63, 3.8) is 0 Å². The highest BCUT2D eigenvalue weighted by Crippen LogP contribution is 2.25. The van der Waals surface area contributed by atoms with Crippen LogP contribution in [0.2, 0.25) is 0 Å². The van der Waals surface area contributed by atoms with Crippen LogP contribution >= 0.6 is 0 Å².